The second-order valence-electron chi connectivity index (χ2n) is 7.56. The van der Waals surface area contributed by atoms with Gasteiger partial charge < -0.3 is 10.2 Å². The number of amides is 2. The van der Waals surface area contributed by atoms with Gasteiger partial charge in [0, 0.05) is 24.3 Å². The maximum atomic E-state index is 13.1. The van der Waals surface area contributed by atoms with Crippen LogP contribution in [-0.4, -0.2) is 44.3 Å². The molecule has 172 valence electrons. The molecule has 1 atom stereocenters. The molecule has 0 saturated carbocycles. The first kappa shape index (κ1) is 24.4. The molecule has 7 nitrogen and oxygen atoms in total. The molecule has 0 aliphatic carbocycles. The lowest BCUT2D eigenvalue weighted by Crippen LogP contribution is -2.46. The molecule has 2 N–H and O–H groups in total. The summed E-state index contributed by atoms with van der Waals surface area (Å²) in [5.74, 6) is -0.463. The van der Waals surface area contributed by atoms with E-state index in [4.69, 9.17) is 23.2 Å². The number of benzene rings is 2. The van der Waals surface area contributed by atoms with Crippen molar-refractivity contribution in [3.8, 4) is 0 Å². The number of likely N-dealkylation sites (tertiary alicyclic amines) is 1. The molecule has 0 bridgehead atoms. The number of halogens is 2. The average Bonchev–Trinajstić information content (AvgIpc) is 3.25. The molecule has 2 amide bonds. The zero-order chi connectivity index (χ0) is 23.3. The van der Waals surface area contributed by atoms with E-state index in [0.29, 0.717) is 25.1 Å². The first-order valence-electron chi connectivity index (χ1n) is 10.4. The van der Waals surface area contributed by atoms with E-state index in [0.717, 1.165) is 19.3 Å². The Labute approximate surface area is 198 Å². The fourth-order valence-corrected chi connectivity index (χ4v) is 4.97. The molecule has 2 aromatic rings. The second-order valence-corrected chi connectivity index (χ2v) is 10.1. The Hall–Kier alpha value is -2.29. The highest BCUT2D eigenvalue weighted by atomic mass is 35.5. The Balaban J connectivity index is 1.75. The molecular weight excluding hydrogens is 473 g/mol. The van der Waals surface area contributed by atoms with Crippen molar-refractivity contribution < 1.29 is 18.0 Å². The lowest BCUT2D eigenvalue weighted by Gasteiger charge is -2.24. The van der Waals surface area contributed by atoms with Crippen molar-refractivity contribution >= 4 is 50.7 Å². The molecule has 1 aliphatic rings. The van der Waals surface area contributed by atoms with Crippen LogP contribution in [0.3, 0.4) is 0 Å². The zero-order valence-electron chi connectivity index (χ0n) is 17.6. The number of hydrogen-bond donors (Lipinski definition) is 2. The van der Waals surface area contributed by atoms with E-state index in [1.54, 1.807) is 23.1 Å². The first-order chi connectivity index (χ1) is 15.2. The molecule has 1 saturated heterocycles. The smallest absolute Gasteiger partial charge is 0.261 e. The van der Waals surface area contributed by atoms with E-state index in [-0.39, 0.29) is 32.4 Å². The maximum absolute atomic E-state index is 13.1. The van der Waals surface area contributed by atoms with Crippen LogP contribution in [0.15, 0.2) is 47.4 Å². The maximum Gasteiger partial charge on any atom is 0.261 e. The second kappa shape index (κ2) is 10.6. The van der Waals surface area contributed by atoms with Gasteiger partial charge >= 0.3 is 0 Å². The number of nitrogens with zero attached hydrogens (tertiary/aromatic N) is 1. The molecule has 0 aromatic heterocycles. The summed E-state index contributed by atoms with van der Waals surface area (Å²) < 4.78 is 27.9. The summed E-state index contributed by atoms with van der Waals surface area (Å²) in [6, 6.07) is 9.68. The van der Waals surface area contributed by atoms with Gasteiger partial charge in [-0.1, -0.05) is 42.6 Å². The quantitative estimate of drug-likeness (QED) is 0.530. The lowest BCUT2D eigenvalue weighted by molar-refractivity contribution is -0.124. The minimum atomic E-state index is -3.93. The number of nitrogens with one attached hydrogen (secondary N) is 2. The van der Waals surface area contributed by atoms with E-state index in [1.165, 1.54) is 24.3 Å². The van der Waals surface area contributed by atoms with E-state index in [9.17, 15) is 18.0 Å². The molecule has 1 fully saturated rings. The molecule has 1 aliphatic heterocycles. The van der Waals surface area contributed by atoms with Crippen LogP contribution in [0.25, 0.3) is 0 Å². The molecule has 1 unspecified atom stereocenters. The van der Waals surface area contributed by atoms with Crippen LogP contribution in [0.4, 0.5) is 5.69 Å². The zero-order valence-corrected chi connectivity index (χ0v) is 19.9. The molecule has 32 heavy (non-hydrogen) atoms. The van der Waals surface area contributed by atoms with Crippen LogP contribution < -0.4 is 10.0 Å². The van der Waals surface area contributed by atoms with Crippen molar-refractivity contribution in [3.05, 3.63) is 58.1 Å². The van der Waals surface area contributed by atoms with Crippen molar-refractivity contribution in [2.24, 2.45) is 0 Å². The van der Waals surface area contributed by atoms with Crippen molar-refractivity contribution in [1.29, 1.82) is 0 Å². The Morgan fingerprint density at radius 1 is 1.12 bits per heavy atom. The summed E-state index contributed by atoms with van der Waals surface area (Å²) in [5.41, 5.74) is 0.526. The van der Waals surface area contributed by atoms with Crippen molar-refractivity contribution in [3.63, 3.8) is 0 Å². The third-order valence-electron chi connectivity index (χ3n) is 5.21. The summed E-state index contributed by atoms with van der Waals surface area (Å²) in [6.45, 7) is 3.10. The highest BCUT2D eigenvalue weighted by Gasteiger charge is 2.34. The first-order valence-corrected chi connectivity index (χ1v) is 12.6. The van der Waals surface area contributed by atoms with Gasteiger partial charge in [0.05, 0.1) is 14.9 Å². The number of carbonyl (C=O) groups is 2. The van der Waals surface area contributed by atoms with Gasteiger partial charge in [-0.25, -0.2) is 8.42 Å². The lowest BCUT2D eigenvalue weighted by atomic mass is 10.1. The monoisotopic (exact) mass is 497 g/mol. The van der Waals surface area contributed by atoms with Gasteiger partial charge in [-0.2, -0.15) is 0 Å². The van der Waals surface area contributed by atoms with Crippen LogP contribution in [0.2, 0.25) is 10.0 Å². The number of unbranched alkanes of at least 4 members (excludes halogenated alkanes) is 1. The van der Waals surface area contributed by atoms with Crippen LogP contribution in [0, 0.1) is 0 Å². The van der Waals surface area contributed by atoms with Gasteiger partial charge in [-0.05, 0) is 55.7 Å². The topological polar surface area (TPSA) is 95.6 Å². The number of carbonyl (C=O) groups excluding carboxylic acids is 2. The Morgan fingerprint density at radius 3 is 2.62 bits per heavy atom. The third-order valence-corrected chi connectivity index (χ3v) is 7.33. The highest BCUT2D eigenvalue weighted by molar-refractivity contribution is 7.92. The van der Waals surface area contributed by atoms with Crippen molar-refractivity contribution in [1.82, 2.24) is 10.2 Å². The van der Waals surface area contributed by atoms with Gasteiger partial charge in [-0.15, -0.1) is 0 Å². The normalized spacial score (nSPS) is 16.1. The number of sulfonamides is 1. The summed E-state index contributed by atoms with van der Waals surface area (Å²) in [7, 11) is -3.93. The molecule has 10 heteroatoms. The summed E-state index contributed by atoms with van der Waals surface area (Å²) >= 11 is 11.8. The van der Waals surface area contributed by atoms with Crippen LogP contribution in [-0.2, 0) is 14.8 Å². The van der Waals surface area contributed by atoms with Gasteiger partial charge in [-0.3, -0.25) is 14.3 Å². The van der Waals surface area contributed by atoms with Crippen LogP contribution >= 0.6 is 23.2 Å². The minimum absolute atomic E-state index is 0.0491. The standard InChI is InChI=1S/C22H25Cl2N3O4S/c1-2-3-11-25-21(28)20-8-5-12-27(20)22(29)15-6-4-7-16(13-15)26-32(30,31)17-9-10-18(23)19(24)14-17/h4,6-7,9-10,13-14,20,26H,2-3,5,8,11-12H2,1H3,(H,25,28). The minimum Gasteiger partial charge on any atom is -0.354 e. The predicted molar refractivity (Wildman–Crippen MR) is 126 cm³/mol. The third kappa shape index (κ3) is 5.74. The summed E-state index contributed by atoms with van der Waals surface area (Å²) in [5, 5.41) is 3.25. The summed E-state index contributed by atoms with van der Waals surface area (Å²) in [4.78, 5) is 27.1. The van der Waals surface area contributed by atoms with Gasteiger partial charge in [0.2, 0.25) is 5.91 Å². The Kier molecular flexibility index (Phi) is 8.03. The van der Waals surface area contributed by atoms with Gasteiger partial charge in [0.1, 0.15) is 6.04 Å². The average molecular weight is 498 g/mol. The molecule has 0 radical (unpaired) electrons. The predicted octanol–water partition coefficient (Wildman–Crippen LogP) is 4.32. The van der Waals surface area contributed by atoms with Crippen molar-refractivity contribution in [2.45, 2.75) is 43.5 Å². The van der Waals surface area contributed by atoms with Crippen LogP contribution in [0.5, 0.6) is 0 Å². The summed E-state index contributed by atoms with van der Waals surface area (Å²) in [6.07, 6.45) is 3.19. The molecule has 3 rings (SSSR count). The number of rotatable bonds is 8. The Bertz CT molecular complexity index is 1110. The van der Waals surface area contributed by atoms with E-state index in [2.05, 4.69) is 10.0 Å². The number of hydrogen-bond acceptors (Lipinski definition) is 4. The fourth-order valence-electron chi connectivity index (χ4n) is 3.53. The Morgan fingerprint density at radius 2 is 1.91 bits per heavy atom. The fraction of sp³-hybridized carbons (Fsp3) is 0.364. The van der Waals surface area contributed by atoms with E-state index < -0.39 is 16.1 Å². The number of anilines is 1. The van der Waals surface area contributed by atoms with E-state index in [1.807, 2.05) is 6.92 Å². The molecule has 2 aromatic carbocycles. The van der Waals surface area contributed by atoms with Gasteiger partial charge in [0.25, 0.3) is 15.9 Å². The van der Waals surface area contributed by atoms with Gasteiger partial charge in [0.15, 0.2) is 0 Å². The van der Waals surface area contributed by atoms with Crippen molar-refractivity contribution in [2.75, 3.05) is 17.8 Å². The largest absolute Gasteiger partial charge is 0.354 e. The van der Waals surface area contributed by atoms with E-state index >= 15 is 0 Å². The SMILES string of the molecule is CCCCNC(=O)C1CCCN1C(=O)c1cccc(NS(=O)(=O)c2ccc(Cl)c(Cl)c2)c1. The molecule has 0 spiro atoms. The molecular formula is C22H25Cl2N3O4S. The highest BCUT2D eigenvalue weighted by Crippen LogP contribution is 2.27. The van der Waals surface area contributed by atoms with Crippen LogP contribution in [0.1, 0.15) is 43.0 Å². The molecule has 1 heterocycles.